The average molecular weight is 274 g/mol. The summed E-state index contributed by atoms with van der Waals surface area (Å²) in [4.78, 5) is 18.7. The van der Waals surface area contributed by atoms with Gasteiger partial charge in [0.05, 0.1) is 6.61 Å². The molecule has 0 aromatic carbocycles. The highest BCUT2D eigenvalue weighted by Crippen LogP contribution is 2.15. The molecule has 0 aliphatic rings. The van der Waals surface area contributed by atoms with Crippen molar-refractivity contribution in [2.24, 2.45) is 0 Å². The van der Waals surface area contributed by atoms with Crippen LogP contribution in [0.2, 0.25) is 0 Å². The highest BCUT2D eigenvalue weighted by atomic mass is 16.5. The van der Waals surface area contributed by atoms with Gasteiger partial charge in [0, 0.05) is 33.0 Å². The molecule has 0 atom stereocenters. The van der Waals surface area contributed by atoms with Crippen LogP contribution < -0.4 is 15.0 Å². The normalized spacial score (nSPS) is 10.2. The fraction of sp³-hybridized carbons (Fsp3) is 0.385. The summed E-state index contributed by atoms with van der Waals surface area (Å²) in [7, 11) is 3.68. The quantitative estimate of drug-likeness (QED) is 0.851. The summed E-state index contributed by atoms with van der Waals surface area (Å²) < 4.78 is 5.35. The minimum absolute atomic E-state index is 0.323. The van der Waals surface area contributed by atoms with E-state index in [1.54, 1.807) is 19.4 Å². The van der Waals surface area contributed by atoms with E-state index in [-0.39, 0.29) is 0 Å². The average Bonchev–Trinajstić information content (AvgIpc) is 2.48. The van der Waals surface area contributed by atoms with E-state index in [0.29, 0.717) is 31.1 Å². The molecule has 0 fully saturated rings. The number of rotatable bonds is 6. The molecule has 2 aromatic heterocycles. The lowest BCUT2D eigenvalue weighted by molar-refractivity contribution is 0.312. The van der Waals surface area contributed by atoms with Gasteiger partial charge in [-0.1, -0.05) is 0 Å². The van der Waals surface area contributed by atoms with Gasteiger partial charge in [0.1, 0.15) is 0 Å². The molecule has 7 heteroatoms. The number of nitrogens with one attached hydrogen (secondary N) is 1. The van der Waals surface area contributed by atoms with Gasteiger partial charge in [0.2, 0.25) is 11.9 Å². The van der Waals surface area contributed by atoms with Crippen molar-refractivity contribution in [2.75, 3.05) is 30.9 Å². The van der Waals surface area contributed by atoms with Crippen LogP contribution in [0.15, 0.2) is 24.5 Å². The molecule has 0 amide bonds. The molecule has 0 saturated carbocycles. The first-order chi connectivity index (χ1) is 9.72. The Morgan fingerprint density at radius 3 is 2.60 bits per heavy atom. The van der Waals surface area contributed by atoms with Crippen molar-refractivity contribution in [1.29, 1.82) is 0 Å². The summed E-state index contributed by atoms with van der Waals surface area (Å²) in [5, 5.41) is 2.91. The highest BCUT2D eigenvalue weighted by molar-refractivity contribution is 5.38. The fourth-order valence-electron chi connectivity index (χ4n) is 1.65. The third-order valence-electron chi connectivity index (χ3n) is 2.61. The SMILES string of the molecule is CCOc1nc(NC)nc(N(C)Cc2ccncc2)n1. The van der Waals surface area contributed by atoms with Gasteiger partial charge < -0.3 is 15.0 Å². The van der Waals surface area contributed by atoms with Crippen LogP contribution in [0.25, 0.3) is 0 Å². The molecule has 2 heterocycles. The Balaban J connectivity index is 2.19. The number of ether oxygens (including phenoxy) is 1. The maximum absolute atomic E-state index is 5.35. The number of aromatic nitrogens is 4. The van der Waals surface area contributed by atoms with Crippen LogP contribution in [0.1, 0.15) is 12.5 Å². The van der Waals surface area contributed by atoms with Gasteiger partial charge in [-0.2, -0.15) is 15.0 Å². The molecule has 0 unspecified atom stereocenters. The van der Waals surface area contributed by atoms with Crippen LogP contribution in [0.3, 0.4) is 0 Å². The lowest BCUT2D eigenvalue weighted by atomic mass is 10.2. The second-order valence-corrected chi connectivity index (χ2v) is 4.14. The van der Waals surface area contributed by atoms with Crippen LogP contribution in [0.4, 0.5) is 11.9 Å². The molecule has 0 saturated heterocycles. The summed E-state index contributed by atoms with van der Waals surface area (Å²) >= 11 is 0. The van der Waals surface area contributed by atoms with E-state index in [9.17, 15) is 0 Å². The molecule has 0 spiro atoms. The summed E-state index contributed by atoms with van der Waals surface area (Å²) in [6, 6.07) is 4.24. The summed E-state index contributed by atoms with van der Waals surface area (Å²) in [5.41, 5.74) is 1.13. The minimum Gasteiger partial charge on any atom is -0.464 e. The number of hydrogen-bond donors (Lipinski definition) is 1. The van der Waals surface area contributed by atoms with Crippen molar-refractivity contribution in [3.63, 3.8) is 0 Å². The van der Waals surface area contributed by atoms with Crippen LogP contribution >= 0.6 is 0 Å². The molecule has 1 N–H and O–H groups in total. The summed E-state index contributed by atoms with van der Waals surface area (Å²) in [5.74, 6) is 1.05. The monoisotopic (exact) mass is 274 g/mol. The van der Waals surface area contributed by atoms with Crippen LogP contribution in [0, 0.1) is 0 Å². The van der Waals surface area contributed by atoms with E-state index in [2.05, 4.69) is 25.3 Å². The third kappa shape index (κ3) is 3.53. The van der Waals surface area contributed by atoms with E-state index < -0.39 is 0 Å². The Kier molecular flexibility index (Phi) is 4.65. The molecule has 20 heavy (non-hydrogen) atoms. The van der Waals surface area contributed by atoms with E-state index in [1.807, 2.05) is 31.0 Å². The Labute approximate surface area is 118 Å². The molecule has 106 valence electrons. The highest BCUT2D eigenvalue weighted by Gasteiger charge is 2.10. The van der Waals surface area contributed by atoms with Crippen molar-refractivity contribution in [2.45, 2.75) is 13.5 Å². The van der Waals surface area contributed by atoms with E-state index in [1.165, 1.54) is 0 Å². The smallest absolute Gasteiger partial charge is 0.323 e. The first-order valence-corrected chi connectivity index (χ1v) is 6.39. The van der Waals surface area contributed by atoms with Crippen molar-refractivity contribution >= 4 is 11.9 Å². The van der Waals surface area contributed by atoms with Crippen molar-refractivity contribution in [3.8, 4) is 6.01 Å². The van der Waals surface area contributed by atoms with Gasteiger partial charge in [-0.15, -0.1) is 0 Å². The molecule has 0 radical (unpaired) electrons. The van der Waals surface area contributed by atoms with E-state index in [4.69, 9.17) is 4.74 Å². The maximum Gasteiger partial charge on any atom is 0.323 e. The van der Waals surface area contributed by atoms with Crippen LogP contribution in [-0.2, 0) is 6.54 Å². The molecule has 0 aliphatic carbocycles. The zero-order valence-electron chi connectivity index (χ0n) is 11.9. The number of anilines is 2. The maximum atomic E-state index is 5.35. The van der Waals surface area contributed by atoms with Crippen molar-refractivity contribution in [1.82, 2.24) is 19.9 Å². The second-order valence-electron chi connectivity index (χ2n) is 4.14. The van der Waals surface area contributed by atoms with E-state index >= 15 is 0 Å². The molecule has 7 nitrogen and oxygen atoms in total. The predicted molar refractivity (Wildman–Crippen MR) is 76.9 cm³/mol. The molecular weight excluding hydrogens is 256 g/mol. The van der Waals surface area contributed by atoms with Gasteiger partial charge >= 0.3 is 6.01 Å². The molecule has 0 bridgehead atoms. The van der Waals surface area contributed by atoms with Gasteiger partial charge in [0.15, 0.2) is 0 Å². The first kappa shape index (κ1) is 14.0. The topological polar surface area (TPSA) is 76.1 Å². The Bertz CT molecular complexity index is 548. The molecular formula is C13H18N6O. The molecule has 0 aliphatic heterocycles. The molecule has 2 rings (SSSR count). The first-order valence-electron chi connectivity index (χ1n) is 6.39. The standard InChI is InChI=1S/C13H18N6O/c1-4-20-13-17-11(14-2)16-12(18-13)19(3)9-10-5-7-15-8-6-10/h5-8H,4,9H2,1-3H3,(H,14,16,17,18). The Morgan fingerprint density at radius 1 is 1.20 bits per heavy atom. The number of nitrogens with zero attached hydrogens (tertiary/aromatic N) is 5. The largest absolute Gasteiger partial charge is 0.464 e. The Hall–Kier alpha value is -2.44. The summed E-state index contributed by atoms with van der Waals surface area (Å²) in [6.07, 6.45) is 3.53. The zero-order valence-corrected chi connectivity index (χ0v) is 11.9. The third-order valence-corrected chi connectivity index (χ3v) is 2.61. The van der Waals surface area contributed by atoms with Crippen LogP contribution in [0.5, 0.6) is 6.01 Å². The van der Waals surface area contributed by atoms with Gasteiger partial charge in [0.25, 0.3) is 0 Å². The van der Waals surface area contributed by atoms with E-state index in [0.717, 1.165) is 5.56 Å². The van der Waals surface area contributed by atoms with Crippen LogP contribution in [-0.4, -0.2) is 40.6 Å². The Morgan fingerprint density at radius 2 is 1.95 bits per heavy atom. The van der Waals surface area contributed by atoms with Crippen molar-refractivity contribution in [3.05, 3.63) is 30.1 Å². The summed E-state index contributed by atoms with van der Waals surface area (Å²) in [6.45, 7) is 3.09. The molecule has 2 aromatic rings. The number of pyridine rings is 1. The lowest BCUT2D eigenvalue weighted by Gasteiger charge is -2.18. The predicted octanol–water partition coefficient (Wildman–Crippen LogP) is 1.34. The minimum atomic E-state index is 0.323. The van der Waals surface area contributed by atoms with Gasteiger partial charge in [-0.3, -0.25) is 4.98 Å². The lowest BCUT2D eigenvalue weighted by Crippen LogP contribution is -2.20. The second kappa shape index (κ2) is 6.65. The van der Waals surface area contributed by atoms with Gasteiger partial charge in [-0.25, -0.2) is 0 Å². The zero-order chi connectivity index (χ0) is 14.4. The van der Waals surface area contributed by atoms with Gasteiger partial charge in [-0.05, 0) is 24.6 Å². The fourth-order valence-corrected chi connectivity index (χ4v) is 1.65. The number of hydrogen-bond acceptors (Lipinski definition) is 7. The van der Waals surface area contributed by atoms with Crippen molar-refractivity contribution < 1.29 is 4.74 Å².